The Morgan fingerprint density at radius 2 is 1.76 bits per heavy atom. The van der Waals surface area contributed by atoms with E-state index in [0.29, 0.717) is 11.3 Å². The standard InChI is InChI=1S/C14H29O2P/c1-12(10-13(2,3)4)11-14(17(15)16)8-6-5-7-9-14/h12,17H,5-11H2,1-4H3,(H,15,16). The van der Waals surface area contributed by atoms with E-state index in [-0.39, 0.29) is 5.16 Å². The molecule has 1 fully saturated rings. The minimum Gasteiger partial charge on any atom is -0.346 e. The van der Waals surface area contributed by atoms with Gasteiger partial charge in [0, 0.05) is 5.16 Å². The maximum Gasteiger partial charge on any atom is 0.195 e. The molecule has 0 aliphatic heterocycles. The molecular formula is C14H29O2P. The molecule has 0 saturated heterocycles. The number of rotatable bonds is 4. The zero-order valence-electron chi connectivity index (χ0n) is 11.9. The Morgan fingerprint density at radius 1 is 1.24 bits per heavy atom. The van der Waals surface area contributed by atoms with Gasteiger partial charge in [-0.05, 0) is 37.0 Å². The van der Waals surface area contributed by atoms with E-state index in [1.165, 1.54) is 6.42 Å². The van der Waals surface area contributed by atoms with E-state index in [0.717, 1.165) is 38.5 Å². The first-order valence-electron chi connectivity index (χ1n) is 6.99. The molecule has 2 atom stereocenters. The van der Waals surface area contributed by atoms with Gasteiger partial charge in [-0.2, -0.15) is 0 Å². The van der Waals surface area contributed by atoms with Crippen molar-refractivity contribution in [3.05, 3.63) is 0 Å². The first-order chi connectivity index (χ1) is 7.75. The Balaban J connectivity index is 2.64. The van der Waals surface area contributed by atoms with Crippen LogP contribution in [0, 0.1) is 11.3 Å². The molecule has 0 amide bonds. The quantitative estimate of drug-likeness (QED) is 0.749. The number of hydrogen-bond donors (Lipinski definition) is 1. The molecule has 2 nitrogen and oxygen atoms in total. The summed E-state index contributed by atoms with van der Waals surface area (Å²) in [6.07, 6.45) is 7.54. The molecule has 0 aromatic carbocycles. The van der Waals surface area contributed by atoms with E-state index in [1.54, 1.807) is 0 Å². The normalized spacial score (nSPS) is 24.3. The van der Waals surface area contributed by atoms with E-state index < -0.39 is 8.03 Å². The van der Waals surface area contributed by atoms with Crippen molar-refractivity contribution < 1.29 is 9.46 Å². The van der Waals surface area contributed by atoms with Gasteiger partial charge in [-0.25, -0.2) is 0 Å². The lowest BCUT2D eigenvalue weighted by atomic mass is 9.77. The van der Waals surface area contributed by atoms with Gasteiger partial charge in [0.05, 0.1) is 0 Å². The summed E-state index contributed by atoms with van der Waals surface area (Å²) >= 11 is 0. The van der Waals surface area contributed by atoms with Crippen LogP contribution in [0.1, 0.15) is 72.6 Å². The molecule has 0 bridgehead atoms. The first-order valence-corrected chi connectivity index (χ1v) is 8.34. The van der Waals surface area contributed by atoms with Crippen LogP contribution in [0.4, 0.5) is 0 Å². The second-order valence-corrected chi connectivity index (χ2v) is 8.89. The summed E-state index contributed by atoms with van der Waals surface area (Å²) in [5, 5.41) is -0.229. The van der Waals surface area contributed by atoms with Crippen LogP contribution in [0.2, 0.25) is 0 Å². The third kappa shape index (κ3) is 4.75. The zero-order valence-corrected chi connectivity index (χ0v) is 12.9. The Bertz CT molecular complexity index is 262. The molecule has 1 aliphatic rings. The van der Waals surface area contributed by atoms with E-state index in [2.05, 4.69) is 27.7 Å². The maximum atomic E-state index is 11.8. The lowest BCUT2D eigenvalue weighted by molar-refractivity contribution is 0.243. The predicted octanol–water partition coefficient (Wildman–Crippen LogP) is 4.62. The van der Waals surface area contributed by atoms with Crippen molar-refractivity contribution in [3.63, 3.8) is 0 Å². The molecule has 1 rings (SSSR count). The summed E-state index contributed by atoms with van der Waals surface area (Å²) in [5.41, 5.74) is 0.320. The van der Waals surface area contributed by atoms with Crippen LogP contribution in [0.25, 0.3) is 0 Å². The number of hydrogen-bond acceptors (Lipinski definition) is 1. The molecule has 1 saturated carbocycles. The van der Waals surface area contributed by atoms with Gasteiger partial charge in [0.1, 0.15) is 0 Å². The van der Waals surface area contributed by atoms with Crippen LogP contribution >= 0.6 is 8.03 Å². The second-order valence-electron chi connectivity index (χ2n) is 7.22. The monoisotopic (exact) mass is 260 g/mol. The summed E-state index contributed by atoms with van der Waals surface area (Å²) < 4.78 is 11.8. The van der Waals surface area contributed by atoms with Gasteiger partial charge in [-0.1, -0.05) is 47.0 Å². The summed E-state index contributed by atoms with van der Waals surface area (Å²) in [7, 11) is -2.39. The Kier molecular flexibility index (Phi) is 5.28. The largest absolute Gasteiger partial charge is 0.346 e. The van der Waals surface area contributed by atoms with Gasteiger partial charge in [0.2, 0.25) is 0 Å². The van der Waals surface area contributed by atoms with Crippen LogP contribution < -0.4 is 0 Å². The molecule has 1 N–H and O–H groups in total. The van der Waals surface area contributed by atoms with Gasteiger partial charge in [0.25, 0.3) is 0 Å². The van der Waals surface area contributed by atoms with Gasteiger partial charge in [0.15, 0.2) is 8.03 Å². The van der Waals surface area contributed by atoms with E-state index in [9.17, 15) is 9.46 Å². The molecule has 2 unspecified atom stereocenters. The zero-order chi connectivity index (χ0) is 13.1. The summed E-state index contributed by atoms with van der Waals surface area (Å²) in [6.45, 7) is 8.99. The molecule has 0 aromatic rings. The highest BCUT2D eigenvalue weighted by Gasteiger charge is 2.38. The van der Waals surface area contributed by atoms with Crippen molar-refractivity contribution >= 4 is 8.03 Å². The Labute approximate surface area is 107 Å². The van der Waals surface area contributed by atoms with Crippen molar-refractivity contribution in [2.24, 2.45) is 11.3 Å². The van der Waals surface area contributed by atoms with E-state index in [1.807, 2.05) is 0 Å². The SMILES string of the molecule is CC(CC(C)(C)C)CC1([PH](=O)O)CCCCC1. The smallest absolute Gasteiger partial charge is 0.195 e. The molecule has 0 aromatic heterocycles. The fraction of sp³-hybridized carbons (Fsp3) is 1.00. The molecule has 102 valence electrons. The van der Waals surface area contributed by atoms with Crippen LogP contribution in [0.5, 0.6) is 0 Å². The highest BCUT2D eigenvalue weighted by molar-refractivity contribution is 7.40. The molecule has 1 aliphatic carbocycles. The first kappa shape index (κ1) is 15.2. The minimum atomic E-state index is -2.39. The third-order valence-corrected chi connectivity index (χ3v) is 5.58. The van der Waals surface area contributed by atoms with Crippen molar-refractivity contribution in [1.29, 1.82) is 0 Å². The summed E-state index contributed by atoms with van der Waals surface area (Å²) in [5.74, 6) is 0.550. The Morgan fingerprint density at radius 3 is 2.18 bits per heavy atom. The lowest BCUT2D eigenvalue weighted by Crippen LogP contribution is -2.31. The lowest BCUT2D eigenvalue weighted by Gasteiger charge is -2.38. The highest BCUT2D eigenvalue weighted by Crippen LogP contribution is 2.51. The van der Waals surface area contributed by atoms with Crippen molar-refractivity contribution in [2.75, 3.05) is 0 Å². The molecule has 0 heterocycles. The highest BCUT2D eigenvalue weighted by atomic mass is 31.1. The van der Waals surface area contributed by atoms with Crippen molar-refractivity contribution in [2.45, 2.75) is 77.8 Å². The summed E-state index contributed by atoms with van der Waals surface area (Å²) in [6, 6.07) is 0. The van der Waals surface area contributed by atoms with Crippen molar-refractivity contribution in [1.82, 2.24) is 0 Å². The van der Waals surface area contributed by atoms with Gasteiger partial charge in [-0.15, -0.1) is 0 Å². The van der Waals surface area contributed by atoms with E-state index in [4.69, 9.17) is 0 Å². The maximum absolute atomic E-state index is 11.8. The molecule has 3 heteroatoms. The average Bonchev–Trinajstić information content (AvgIpc) is 2.15. The average molecular weight is 260 g/mol. The predicted molar refractivity (Wildman–Crippen MR) is 74.9 cm³/mol. The molecule has 17 heavy (non-hydrogen) atoms. The molecular weight excluding hydrogens is 231 g/mol. The van der Waals surface area contributed by atoms with Gasteiger partial charge < -0.3 is 4.89 Å². The fourth-order valence-corrected chi connectivity index (χ4v) is 4.82. The van der Waals surface area contributed by atoms with E-state index >= 15 is 0 Å². The Hall–Kier alpha value is 0.190. The van der Waals surface area contributed by atoms with Crippen LogP contribution in [-0.2, 0) is 4.57 Å². The third-order valence-electron chi connectivity index (χ3n) is 3.96. The van der Waals surface area contributed by atoms with Crippen molar-refractivity contribution in [3.8, 4) is 0 Å². The minimum absolute atomic E-state index is 0.229. The fourth-order valence-electron chi connectivity index (χ4n) is 3.52. The van der Waals surface area contributed by atoms with Crippen LogP contribution in [-0.4, -0.2) is 10.0 Å². The topological polar surface area (TPSA) is 37.3 Å². The molecule has 0 spiro atoms. The van der Waals surface area contributed by atoms with Gasteiger partial charge in [-0.3, -0.25) is 4.57 Å². The second kappa shape index (κ2) is 5.89. The van der Waals surface area contributed by atoms with Crippen LogP contribution in [0.15, 0.2) is 0 Å². The summed E-state index contributed by atoms with van der Waals surface area (Å²) in [4.78, 5) is 9.72. The van der Waals surface area contributed by atoms with Crippen LogP contribution in [0.3, 0.4) is 0 Å². The van der Waals surface area contributed by atoms with Gasteiger partial charge >= 0.3 is 0 Å². The molecule has 0 radical (unpaired) electrons.